The number of carbonyl (C=O) groups excluding carboxylic acids is 1. The van der Waals surface area contributed by atoms with E-state index in [1.807, 2.05) is 37.3 Å². The van der Waals surface area contributed by atoms with E-state index in [0.717, 1.165) is 21.3 Å². The Morgan fingerprint density at radius 1 is 1.09 bits per heavy atom. The summed E-state index contributed by atoms with van der Waals surface area (Å²) in [4.78, 5) is 46.9. The minimum atomic E-state index is -0.635. The third-order valence-corrected chi connectivity index (χ3v) is 5.49. The summed E-state index contributed by atoms with van der Waals surface area (Å²) in [5.41, 5.74) is 1.55. The van der Waals surface area contributed by atoms with Gasteiger partial charge in [-0.2, -0.15) is 0 Å². The molecule has 0 aliphatic carbocycles. The van der Waals surface area contributed by atoms with Gasteiger partial charge in [-0.25, -0.2) is 14.8 Å². The van der Waals surface area contributed by atoms with Crippen molar-refractivity contribution >= 4 is 28.5 Å². The Morgan fingerprint density at radius 2 is 1.81 bits per heavy atom. The average Bonchev–Trinajstić information content (AvgIpc) is 2.80. The molecule has 2 aromatic carbocycles. The molecule has 0 unspecified atom stereocenters. The molecule has 32 heavy (non-hydrogen) atoms. The quantitative estimate of drug-likeness (QED) is 0.504. The van der Waals surface area contributed by atoms with Crippen LogP contribution in [0.4, 0.5) is 0 Å². The summed E-state index contributed by atoms with van der Waals surface area (Å²) in [6.45, 7) is 1.73. The van der Waals surface area contributed by atoms with Crippen molar-refractivity contribution in [3.05, 3.63) is 91.7 Å². The Bertz CT molecular complexity index is 1440. The minimum Gasteiger partial charge on any atom is -0.350 e. The number of carbonyl (C=O) groups is 1. The lowest BCUT2D eigenvalue weighted by molar-refractivity contribution is -0.121. The number of nitrogens with one attached hydrogen (secondary N) is 1. The zero-order chi connectivity index (χ0) is 22.8. The zero-order valence-electron chi connectivity index (χ0n) is 17.5. The van der Waals surface area contributed by atoms with Crippen molar-refractivity contribution in [2.45, 2.75) is 20.0 Å². The van der Waals surface area contributed by atoms with Gasteiger partial charge in [0.15, 0.2) is 11.5 Å². The number of hydrogen-bond acceptors (Lipinski definition) is 5. The van der Waals surface area contributed by atoms with Crippen molar-refractivity contribution in [1.29, 1.82) is 0 Å². The summed E-state index contributed by atoms with van der Waals surface area (Å²) in [7, 11) is 1.51. The first kappa shape index (κ1) is 21.5. The van der Waals surface area contributed by atoms with Gasteiger partial charge in [0, 0.05) is 30.4 Å². The third-order valence-electron chi connectivity index (χ3n) is 5.13. The fraction of sp³-hybridized carbons (Fsp3) is 0.174. The molecule has 2 aromatic heterocycles. The summed E-state index contributed by atoms with van der Waals surface area (Å²) in [6.07, 6.45) is 1.39. The number of hydrogen-bond donors (Lipinski definition) is 1. The molecule has 9 heteroatoms. The van der Waals surface area contributed by atoms with Crippen LogP contribution in [0.3, 0.4) is 0 Å². The second-order valence-electron chi connectivity index (χ2n) is 7.40. The van der Waals surface area contributed by atoms with Gasteiger partial charge in [0.25, 0.3) is 5.56 Å². The van der Waals surface area contributed by atoms with Crippen molar-refractivity contribution in [3.8, 4) is 11.4 Å². The van der Waals surface area contributed by atoms with Crippen molar-refractivity contribution in [2.75, 3.05) is 0 Å². The summed E-state index contributed by atoms with van der Waals surface area (Å²) in [5, 5.41) is 3.36. The highest BCUT2D eigenvalue weighted by Gasteiger charge is 2.16. The van der Waals surface area contributed by atoms with Crippen LogP contribution in [0, 0.1) is 6.92 Å². The first-order valence-corrected chi connectivity index (χ1v) is 10.3. The maximum Gasteiger partial charge on any atom is 0.332 e. The molecular formula is C23H20ClN5O3. The molecule has 162 valence electrons. The first-order valence-electron chi connectivity index (χ1n) is 9.89. The van der Waals surface area contributed by atoms with Crippen LogP contribution < -0.4 is 16.6 Å². The lowest BCUT2D eigenvalue weighted by atomic mass is 10.1. The minimum absolute atomic E-state index is 0.155. The van der Waals surface area contributed by atoms with Crippen molar-refractivity contribution in [3.63, 3.8) is 0 Å². The molecule has 1 N–H and O–H groups in total. The number of aromatic nitrogens is 4. The molecule has 0 bridgehead atoms. The lowest BCUT2D eigenvalue weighted by Gasteiger charge is -2.11. The fourth-order valence-corrected chi connectivity index (χ4v) is 3.50. The van der Waals surface area contributed by atoms with Crippen LogP contribution in [0.25, 0.3) is 22.4 Å². The van der Waals surface area contributed by atoms with E-state index >= 15 is 0 Å². The Labute approximate surface area is 188 Å². The van der Waals surface area contributed by atoms with E-state index in [-0.39, 0.29) is 17.6 Å². The summed E-state index contributed by atoms with van der Waals surface area (Å²) in [6, 6.07) is 14.7. The number of benzene rings is 2. The van der Waals surface area contributed by atoms with Crippen molar-refractivity contribution in [1.82, 2.24) is 24.4 Å². The van der Waals surface area contributed by atoms with Crippen LogP contribution in [0.5, 0.6) is 0 Å². The van der Waals surface area contributed by atoms with Gasteiger partial charge in [0.05, 0.1) is 0 Å². The first-order chi connectivity index (χ1) is 15.3. The van der Waals surface area contributed by atoms with Gasteiger partial charge in [-0.1, -0.05) is 59.6 Å². The lowest BCUT2D eigenvalue weighted by Crippen LogP contribution is -2.43. The van der Waals surface area contributed by atoms with E-state index in [2.05, 4.69) is 15.3 Å². The fourth-order valence-electron chi connectivity index (χ4n) is 3.30. The number of nitrogens with zero attached hydrogens (tertiary/aromatic N) is 4. The molecule has 0 aliphatic rings. The Kier molecular flexibility index (Phi) is 5.87. The SMILES string of the molecule is Cc1ccc(-c2ncc3c(=O)n(CC(=O)NCc4ccccc4Cl)c(=O)n(C)c3n2)cc1. The van der Waals surface area contributed by atoms with Gasteiger partial charge in [0.2, 0.25) is 5.91 Å². The maximum absolute atomic E-state index is 12.9. The molecule has 0 spiro atoms. The number of amides is 1. The normalized spacial score (nSPS) is 11.0. The van der Waals surface area contributed by atoms with E-state index in [9.17, 15) is 14.4 Å². The number of rotatable bonds is 5. The Morgan fingerprint density at radius 3 is 2.53 bits per heavy atom. The van der Waals surface area contributed by atoms with Gasteiger partial charge >= 0.3 is 5.69 Å². The average molecular weight is 450 g/mol. The monoisotopic (exact) mass is 449 g/mol. The second-order valence-corrected chi connectivity index (χ2v) is 7.81. The molecule has 0 atom stereocenters. The van der Waals surface area contributed by atoms with E-state index in [1.165, 1.54) is 17.8 Å². The number of halogens is 1. The molecule has 1 amide bonds. The molecule has 0 saturated heterocycles. The highest BCUT2D eigenvalue weighted by molar-refractivity contribution is 6.31. The highest BCUT2D eigenvalue weighted by Crippen LogP contribution is 2.17. The highest BCUT2D eigenvalue weighted by atomic mass is 35.5. The number of aryl methyl sites for hydroxylation is 2. The smallest absolute Gasteiger partial charge is 0.332 e. The largest absolute Gasteiger partial charge is 0.350 e. The molecule has 0 aliphatic heterocycles. The summed E-state index contributed by atoms with van der Waals surface area (Å²) < 4.78 is 2.12. The van der Waals surface area contributed by atoms with E-state index in [1.54, 1.807) is 18.2 Å². The molecule has 8 nitrogen and oxygen atoms in total. The molecule has 2 heterocycles. The molecule has 4 rings (SSSR count). The van der Waals surface area contributed by atoms with Gasteiger partial charge < -0.3 is 5.32 Å². The van der Waals surface area contributed by atoms with Gasteiger partial charge in [-0.15, -0.1) is 0 Å². The van der Waals surface area contributed by atoms with Gasteiger partial charge in [-0.3, -0.25) is 18.7 Å². The molecule has 0 saturated carbocycles. The maximum atomic E-state index is 12.9. The van der Waals surface area contributed by atoms with Crippen LogP contribution in [0.2, 0.25) is 5.02 Å². The van der Waals surface area contributed by atoms with Crippen LogP contribution >= 0.6 is 11.6 Å². The van der Waals surface area contributed by atoms with Crippen LogP contribution in [0.1, 0.15) is 11.1 Å². The van der Waals surface area contributed by atoms with Crippen molar-refractivity contribution < 1.29 is 4.79 Å². The molecule has 0 radical (unpaired) electrons. The predicted octanol–water partition coefficient (Wildman–Crippen LogP) is 2.44. The topological polar surface area (TPSA) is 98.9 Å². The summed E-state index contributed by atoms with van der Waals surface area (Å²) in [5.74, 6) is -0.0807. The van der Waals surface area contributed by atoms with E-state index in [0.29, 0.717) is 10.8 Å². The Hall–Kier alpha value is -3.78. The van der Waals surface area contributed by atoms with Crippen molar-refractivity contribution in [2.24, 2.45) is 7.05 Å². The zero-order valence-corrected chi connectivity index (χ0v) is 18.3. The van der Waals surface area contributed by atoms with E-state index in [4.69, 9.17) is 11.6 Å². The number of fused-ring (bicyclic) bond motifs is 1. The predicted molar refractivity (Wildman–Crippen MR) is 123 cm³/mol. The van der Waals surface area contributed by atoms with Crippen LogP contribution in [0.15, 0.2) is 64.3 Å². The van der Waals surface area contributed by atoms with Gasteiger partial charge in [-0.05, 0) is 18.6 Å². The Balaban J connectivity index is 1.64. The van der Waals surface area contributed by atoms with Crippen LogP contribution in [-0.2, 0) is 24.9 Å². The third kappa shape index (κ3) is 4.17. The van der Waals surface area contributed by atoms with E-state index < -0.39 is 23.7 Å². The standard InChI is InChI=1S/C23H20ClN5O3/c1-14-7-9-15(10-8-14)20-26-12-17-21(27-20)28(2)23(32)29(22(17)31)13-19(30)25-11-16-5-3-4-6-18(16)24/h3-10,12H,11,13H2,1-2H3,(H,25,30). The molecule has 4 aromatic rings. The second kappa shape index (κ2) is 8.76. The van der Waals surface area contributed by atoms with Gasteiger partial charge in [0.1, 0.15) is 11.9 Å². The summed E-state index contributed by atoms with van der Waals surface area (Å²) >= 11 is 6.10. The van der Waals surface area contributed by atoms with Crippen LogP contribution in [-0.4, -0.2) is 25.0 Å². The molecule has 0 fully saturated rings. The molecular weight excluding hydrogens is 430 g/mol.